The molecular weight excluding hydrogens is 280 g/mol. The molecule has 4 nitrogen and oxygen atoms in total. The van der Waals surface area contributed by atoms with Crippen molar-refractivity contribution in [3.63, 3.8) is 0 Å². The van der Waals surface area contributed by atoms with E-state index in [-0.39, 0.29) is 0 Å². The average molecular weight is 292 g/mol. The predicted octanol–water partition coefficient (Wildman–Crippen LogP) is 3.69. The number of nitrogens with zero attached hydrogens (tertiary/aromatic N) is 3. The second-order valence-electron chi connectivity index (χ2n) is 4.41. The van der Waals surface area contributed by atoms with E-state index in [1.165, 1.54) is 0 Å². The van der Waals surface area contributed by atoms with Crippen LogP contribution in [0.3, 0.4) is 0 Å². The SMILES string of the molecule is N#Cc1cccc(NCc2csc(-c3ccccn3)n2)c1. The number of anilines is 1. The number of nitriles is 1. The molecule has 3 rings (SSSR count). The van der Waals surface area contributed by atoms with Crippen molar-refractivity contribution < 1.29 is 0 Å². The molecule has 3 aromatic rings. The summed E-state index contributed by atoms with van der Waals surface area (Å²) in [6, 6.07) is 15.3. The maximum absolute atomic E-state index is 8.88. The van der Waals surface area contributed by atoms with E-state index in [1.807, 2.05) is 41.8 Å². The molecule has 0 saturated carbocycles. The number of rotatable bonds is 4. The van der Waals surface area contributed by atoms with Crippen molar-refractivity contribution in [1.82, 2.24) is 9.97 Å². The van der Waals surface area contributed by atoms with E-state index in [9.17, 15) is 0 Å². The molecule has 0 fully saturated rings. The van der Waals surface area contributed by atoms with Crippen molar-refractivity contribution in [1.29, 1.82) is 5.26 Å². The van der Waals surface area contributed by atoms with Gasteiger partial charge in [-0.1, -0.05) is 12.1 Å². The lowest BCUT2D eigenvalue weighted by molar-refractivity contribution is 1.07. The van der Waals surface area contributed by atoms with Gasteiger partial charge in [-0.05, 0) is 30.3 Å². The lowest BCUT2D eigenvalue weighted by atomic mass is 10.2. The highest BCUT2D eigenvalue weighted by molar-refractivity contribution is 7.13. The Morgan fingerprint density at radius 1 is 1.19 bits per heavy atom. The van der Waals surface area contributed by atoms with Crippen LogP contribution in [0.4, 0.5) is 5.69 Å². The van der Waals surface area contributed by atoms with Gasteiger partial charge in [0.25, 0.3) is 0 Å². The minimum atomic E-state index is 0.623. The number of hydrogen-bond donors (Lipinski definition) is 1. The zero-order valence-corrected chi connectivity index (χ0v) is 12.0. The summed E-state index contributed by atoms with van der Waals surface area (Å²) in [5, 5.41) is 15.1. The quantitative estimate of drug-likeness (QED) is 0.796. The Hall–Kier alpha value is -2.71. The molecule has 21 heavy (non-hydrogen) atoms. The van der Waals surface area contributed by atoms with Crippen LogP contribution in [0, 0.1) is 11.3 Å². The average Bonchev–Trinajstić information content (AvgIpc) is 3.03. The summed E-state index contributed by atoms with van der Waals surface area (Å²) in [6.07, 6.45) is 1.77. The number of benzene rings is 1. The van der Waals surface area contributed by atoms with Crippen LogP contribution < -0.4 is 5.32 Å². The third kappa shape index (κ3) is 3.25. The molecule has 0 aliphatic carbocycles. The van der Waals surface area contributed by atoms with Crippen molar-refractivity contribution in [2.75, 3.05) is 5.32 Å². The lowest BCUT2D eigenvalue weighted by Gasteiger charge is -2.04. The van der Waals surface area contributed by atoms with E-state index < -0.39 is 0 Å². The minimum Gasteiger partial charge on any atom is -0.379 e. The molecular formula is C16H12N4S. The van der Waals surface area contributed by atoms with Gasteiger partial charge in [0, 0.05) is 17.3 Å². The van der Waals surface area contributed by atoms with Crippen molar-refractivity contribution in [3.8, 4) is 16.8 Å². The number of aromatic nitrogens is 2. The first-order chi connectivity index (χ1) is 10.3. The molecule has 0 radical (unpaired) electrons. The number of thiazole rings is 1. The summed E-state index contributed by atoms with van der Waals surface area (Å²) >= 11 is 1.58. The van der Waals surface area contributed by atoms with Crippen molar-refractivity contribution in [3.05, 3.63) is 65.3 Å². The van der Waals surface area contributed by atoms with Crippen LogP contribution in [0.25, 0.3) is 10.7 Å². The molecule has 0 atom stereocenters. The Kier molecular flexibility index (Phi) is 3.90. The maximum atomic E-state index is 8.88. The Morgan fingerprint density at radius 2 is 2.14 bits per heavy atom. The second kappa shape index (κ2) is 6.16. The maximum Gasteiger partial charge on any atom is 0.142 e. The zero-order chi connectivity index (χ0) is 14.5. The van der Waals surface area contributed by atoms with E-state index in [0.29, 0.717) is 12.1 Å². The van der Waals surface area contributed by atoms with E-state index in [2.05, 4.69) is 21.4 Å². The van der Waals surface area contributed by atoms with Gasteiger partial charge in [-0.3, -0.25) is 4.98 Å². The molecule has 0 saturated heterocycles. The molecule has 1 aromatic carbocycles. The summed E-state index contributed by atoms with van der Waals surface area (Å²) in [6.45, 7) is 0.623. The highest BCUT2D eigenvalue weighted by Crippen LogP contribution is 2.22. The molecule has 0 aliphatic rings. The molecule has 0 amide bonds. The summed E-state index contributed by atoms with van der Waals surface area (Å²) < 4.78 is 0. The van der Waals surface area contributed by atoms with Gasteiger partial charge in [-0.15, -0.1) is 11.3 Å². The summed E-state index contributed by atoms with van der Waals surface area (Å²) in [7, 11) is 0. The first-order valence-corrected chi connectivity index (χ1v) is 7.33. The molecule has 0 unspecified atom stereocenters. The van der Waals surface area contributed by atoms with Gasteiger partial charge in [-0.25, -0.2) is 4.98 Å². The van der Waals surface area contributed by atoms with E-state index in [4.69, 9.17) is 5.26 Å². The first-order valence-electron chi connectivity index (χ1n) is 6.45. The van der Waals surface area contributed by atoms with Crippen molar-refractivity contribution in [2.45, 2.75) is 6.54 Å². The van der Waals surface area contributed by atoms with Gasteiger partial charge in [0.05, 0.1) is 29.6 Å². The van der Waals surface area contributed by atoms with Crippen molar-refractivity contribution in [2.24, 2.45) is 0 Å². The zero-order valence-electron chi connectivity index (χ0n) is 11.2. The van der Waals surface area contributed by atoms with Crippen LogP contribution in [0.2, 0.25) is 0 Å². The highest BCUT2D eigenvalue weighted by Gasteiger charge is 2.05. The molecule has 102 valence electrons. The van der Waals surface area contributed by atoms with E-state index >= 15 is 0 Å². The Bertz CT molecular complexity index is 774. The fourth-order valence-electron chi connectivity index (χ4n) is 1.89. The fraction of sp³-hybridized carbons (Fsp3) is 0.0625. The second-order valence-corrected chi connectivity index (χ2v) is 5.26. The van der Waals surface area contributed by atoms with Gasteiger partial charge in [0.1, 0.15) is 5.01 Å². The summed E-state index contributed by atoms with van der Waals surface area (Å²) in [4.78, 5) is 8.86. The summed E-state index contributed by atoms with van der Waals surface area (Å²) in [5.41, 5.74) is 3.41. The Morgan fingerprint density at radius 3 is 2.95 bits per heavy atom. The monoisotopic (exact) mass is 292 g/mol. The standard InChI is InChI=1S/C16H12N4S/c17-9-12-4-3-5-13(8-12)19-10-14-11-21-16(20-14)15-6-1-2-7-18-15/h1-8,11,19H,10H2. The molecule has 5 heteroatoms. The van der Waals surface area contributed by atoms with Crippen molar-refractivity contribution >= 4 is 17.0 Å². The third-order valence-corrected chi connectivity index (χ3v) is 3.81. The highest BCUT2D eigenvalue weighted by atomic mass is 32.1. The molecule has 2 heterocycles. The smallest absolute Gasteiger partial charge is 0.142 e. The van der Waals surface area contributed by atoms with Crippen LogP contribution in [-0.4, -0.2) is 9.97 Å². The van der Waals surface area contributed by atoms with Gasteiger partial charge in [-0.2, -0.15) is 5.26 Å². The topological polar surface area (TPSA) is 61.6 Å². The Balaban J connectivity index is 1.69. The molecule has 0 bridgehead atoms. The molecule has 2 aromatic heterocycles. The number of hydrogen-bond acceptors (Lipinski definition) is 5. The van der Waals surface area contributed by atoms with Crippen LogP contribution in [0.1, 0.15) is 11.3 Å². The van der Waals surface area contributed by atoms with Crippen LogP contribution >= 0.6 is 11.3 Å². The summed E-state index contributed by atoms with van der Waals surface area (Å²) in [5.74, 6) is 0. The van der Waals surface area contributed by atoms with Gasteiger partial charge < -0.3 is 5.32 Å². The van der Waals surface area contributed by atoms with Gasteiger partial charge in [0.15, 0.2) is 0 Å². The first kappa shape index (κ1) is 13.3. The van der Waals surface area contributed by atoms with E-state index in [0.717, 1.165) is 22.1 Å². The predicted molar refractivity (Wildman–Crippen MR) is 83.8 cm³/mol. The lowest BCUT2D eigenvalue weighted by Crippen LogP contribution is -1.99. The molecule has 1 N–H and O–H groups in total. The van der Waals surface area contributed by atoms with E-state index in [1.54, 1.807) is 23.6 Å². The number of nitrogens with one attached hydrogen (secondary N) is 1. The van der Waals surface area contributed by atoms with Gasteiger partial charge in [0.2, 0.25) is 0 Å². The fourth-order valence-corrected chi connectivity index (χ4v) is 2.68. The van der Waals surface area contributed by atoms with Gasteiger partial charge >= 0.3 is 0 Å². The largest absolute Gasteiger partial charge is 0.379 e. The van der Waals surface area contributed by atoms with Crippen LogP contribution in [0.5, 0.6) is 0 Å². The normalized spacial score (nSPS) is 10.0. The van der Waals surface area contributed by atoms with Crippen LogP contribution in [0.15, 0.2) is 54.0 Å². The third-order valence-electron chi connectivity index (χ3n) is 2.90. The number of pyridine rings is 1. The Labute approximate surface area is 126 Å². The minimum absolute atomic E-state index is 0.623. The molecule has 0 aliphatic heterocycles. The molecule has 0 spiro atoms. The van der Waals surface area contributed by atoms with Crippen LogP contribution in [-0.2, 0) is 6.54 Å².